The Bertz CT molecular complexity index is 623. The number of hydrogen-bond acceptors (Lipinski definition) is 2. The first kappa shape index (κ1) is 16.5. The van der Waals surface area contributed by atoms with Crippen molar-refractivity contribution in [2.45, 2.75) is 32.4 Å². The molecule has 4 heteroatoms. The summed E-state index contributed by atoms with van der Waals surface area (Å²) < 4.78 is 0. The van der Waals surface area contributed by atoms with Crippen LogP contribution in [0.4, 0.5) is 0 Å². The Hall–Kier alpha value is -1.84. The molecule has 0 heterocycles. The van der Waals surface area contributed by atoms with Gasteiger partial charge in [-0.2, -0.15) is 0 Å². The summed E-state index contributed by atoms with van der Waals surface area (Å²) in [5, 5.41) is 13.1. The average molecular weight is 318 g/mol. The van der Waals surface area contributed by atoms with Crippen LogP contribution in [-0.4, -0.2) is 17.1 Å². The van der Waals surface area contributed by atoms with Gasteiger partial charge in [-0.25, -0.2) is 4.79 Å². The minimum atomic E-state index is -0.899. The topological polar surface area (TPSA) is 49.3 Å². The standard InChI is InChI=1S/C18H20ClNO2/c1-12(15-7-9-17(19)10-8-15)13(2)20-11-14-3-5-16(6-4-14)18(21)22/h3-10,12-13,20H,11H2,1-2H3,(H,21,22). The van der Waals surface area contributed by atoms with Gasteiger partial charge in [-0.1, -0.05) is 42.8 Å². The second-order valence-corrected chi connectivity index (χ2v) is 5.95. The maximum Gasteiger partial charge on any atom is 0.335 e. The molecule has 2 N–H and O–H groups in total. The summed E-state index contributed by atoms with van der Waals surface area (Å²) in [7, 11) is 0. The molecule has 2 unspecified atom stereocenters. The molecule has 2 aromatic rings. The van der Waals surface area contributed by atoms with Crippen LogP contribution in [0, 0.1) is 0 Å². The van der Waals surface area contributed by atoms with Crippen molar-refractivity contribution in [3.8, 4) is 0 Å². The maximum absolute atomic E-state index is 10.8. The molecule has 22 heavy (non-hydrogen) atoms. The van der Waals surface area contributed by atoms with Gasteiger partial charge in [0.15, 0.2) is 0 Å². The second kappa shape index (κ2) is 7.43. The van der Waals surface area contributed by atoms with Crippen molar-refractivity contribution in [1.29, 1.82) is 0 Å². The molecule has 0 spiro atoms. The van der Waals surface area contributed by atoms with E-state index in [-0.39, 0.29) is 0 Å². The van der Waals surface area contributed by atoms with Crippen LogP contribution >= 0.6 is 11.6 Å². The van der Waals surface area contributed by atoms with Crippen molar-refractivity contribution < 1.29 is 9.90 Å². The summed E-state index contributed by atoms with van der Waals surface area (Å²) in [6, 6.07) is 15.2. The Morgan fingerprint density at radius 1 is 1.09 bits per heavy atom. The van der Waals surface area contributed by atoms with Crippen molar-refractivity contribution >= 4 is 17.6 Å². The fourth-order valence-corrected chi connectivity index (χ4v) is 2.40. The maximum atomic E-state index is 10.8. The zero-order valence-corrected chi connectivity index (χ0v) is 13.5. The lowest BCUT2D eigenvalue weighted by atomic mass is 9.94. The van der Waals surface area contributed by atoms with E-state index in [0.717, 1.165) is 10.6 Å². The summed E-state index contributed by atoms with van der Waals surface area (Å²) in [5.74, 6) is -0.542. The third kappa shape index (κ3) is 4.33. The van der Waals surface area contributed by atoms with Gasteiger partial charge in [-0.15, -0.1) is 0 Å². The van der Waals surface area contributed by atoms with Gasteiger partial charge in [0.05, 0.1) is 5.56 Å². The molecule has 2 atom stereocenters. The predicted molar refractivity (Wildman–Crippen MR) is 89.6 cm³/mol. The van der Waals surface area contributed by atoms with E-state index in [9.17, 15) is 4.79 Å². The fraction of sp³-hybridized carbons (Fsp3) is 0.278. The normalized spacial score (nSPS) is 13.6. The molecule has 0 radical (unpaired) electrons. The zero-order chi connectivity index (χ0) is 16.1. The van der Waals surface area contributed by atoms with Crippen LogP contribution in [0.3, 0.4) is 0 Å². The molecule has 0 aromatic heterocycles. The number of carboxylic acid groups (broad SMARTS) is 1. The number of rotatable bonds is 6. The van der Waals surface area contributed by atoms with Crippen molar-refractivity contribution in [2.24, 2.45) is 0 Å². The van der Waals surface area contributed by atoms with E-state index < -0.39 is 5.97 Å². The molecule has 0 saturated carbocycles. The summed E-state index contributed by atoms with van der Waals surface area (Å²) in [6.07, 6.45) is 0. The van der Waals surface area contributed by atoms with Crippen LogP contribution in [-0.2, 0) is 6.54 Å². The Balaban J connectivity index is 1.92. The third-order valence-corrected chi connectivity index (χ3v) is 4.23. The van der Waals surface area contributed by atoms with Gasteiger partial charge in [0.25, 0.3) is 0 Å². The van der Waals surface area contributed by atoms with Crippen molar-refractivity contribution in [3.05, 3.63) is 70.2 Å². The van der Waals surface area contributed by atoms with Crippen LogP contribution in [0.1, 0.15) is 41.3 Å². The van der Waals surface area contributed by atoms with Crippen LogP contribution in [0.15, 0.2) is 48.5 Å². The quantitative estimate of drug-likeness (QED) is 0.834. The Labute approximate surface area is 135 Å². The number of halogens is 1. The fourth-order valence-electron chi connectivity index (χ4n) is 2.28. The van der Waals surface area contributed by atoms with E-state index in [2.05, 4.69) is 19.2 Å². The van der Waals surface area contributed by atoms with Crippen LogP contribution < -0.4 is 5.32 Å². The molecule has 116 valence electrons. The van der Waals surface area contributed by atoms with E-state index in [0.29, 0.717) is 24.1 Å². The molecule has 0 aliphatic carbocycles. The summed E-state index contributed by atoms with van der Waals surface area (Å²) in [4.78, 5) is 10.8. The Kier molecular flexibility index (Phi) is 5.58. The minimum absolute atomic E-state index is 0.292. The van der Waals surface area contributed by atoms with Crippen LogP contribution in [0.5, 0.6) is 0 Å². The van der Waals surface area contributed by atoms with E-state index in [1.54, 1.807) is 12.1 Å². The molecular weight excluding hydrogens is 298 g/mol. The molecule has 0 aliphatic rings. The average Bonchev–Trinajstić information content (AvgIpc) is 2.53. The first-order valence-electron chi connectivity index (χ1n) is 7.28. The number of nitrogens with one attached hydrogen (secondary N) is 1. The van der Waals surface area contributed by atoms with E-state index in [4.69, 9.17) is 16.7 Å². The molecule has 0 bridgehead atoms. The van der Waals surface area contributed by atoms with Gasteiger partial charge < -0.3 is 10.4 Å². The zero-order valence-electron chi connectivity index (χ0n) is 12.7. The smallest absolute Gasteiger partial charge is 0.335 e. The molecule has 2 aromatic carbocycles. The molecule has 0 amide bonds. The van der Waals surface area contributed by atoms with Crippen molar-refractivity contribution in [1.82, 2.24) is 5.32 Å². The highest BCUT2D eigenvalue weighted by Gasteiger charge is 2.13. The highest BCUT2D eigenvalue weighted by molar-refractivity contribution is 6.30. The van der Waals surface area contributed by atoms with E-state index in [1.807, 2.05) is 36.4 Å². The van der Waals surface area contributed by atoms with Gasteiger partial charge in [0.2, 0.25) is 0 Å². The lowest BCUT2D eigenvalue weighted by Gasteiger charge is -2.22. The van der Waals surface area contributed by atoms with Crippen molar-refractivity contribution in [2.75, 3.05) is 0 Å². The van der Waals surface area contributed by atoms with Gasteiger partial charge in [-0.3, -0.25) is 0 Å². The Morgan fingerprint density at radius 2 is 1.68 bits per heavy atom. The third-order valence-electron chi connectivity index (χ3n) is 3.97. The number of carbonyl (C=O) groups is 1. The lowest BCUT2D eigenvalue weighted by Crippen LogP contribution is -2.30. The number of aromatic carboxylic acids is 1. The lowest BCUT2D eigenvalue weighted by molar-refractivity contribution is 0.0697. The first-order chi connectivity index (χ1) is 10.5. The molecule has 2 rings (SSSR count). The van der Waals surface area contributed by atoms with E-state index in [1.165, 1.54) is 5.56 Å². The first-order valence-corrected chi connectivity index (χ1v) is 7.66. The minimum Gasteiger partial charge on any atom is -0.478 e. The number of benzene rings is 2. The largest absolute Gasteiger partial charge is 0.478 e. The summed E-state index contributed by atoms with van der Waals surface area (Å²) in [5.41, 5.74) is 2.62. The molecule has 0 saturated heterocycles. The van der Waals surface area contributed by atoms with Crippen molar-refractivity contribution in [3.63, 3.8) is 0 Å². The van der Waals surface area contributed by atoms with E-state index >= 15 is 0 Å². The summed E-state index contributed by atoms with van der Waals surface area (Å²) >= 11 is 5.91. The molecule has 0 aliphatic heterocycles. The molecular formula is C18H20ClNO2. The number of carboxylic acids is 1. The SMILES string of the molecule is CC(NCc1ccc(C(=O)O)cc1)C(C)c1ccc(Cl)cc1. The molecule has 0 fully saturated rings. The highest BCUT2D eigenvalue weighted by atomic mass is 35.5. The van der Waals surface area contributed by atoms with Gasteiger partial charge in [-0.05, 0) is 48.2 Å². The van der Waals surface area contributed by atoms with Gasteiger partial charge in [0.1, 0.15) is 0 Å². The highest BCUT2D eigenvalue weighted by Crippen LogP contribution is 2.21. The van der Waals surface area contributed by atoms with Crippen LogP contribution in [0.2, 0.25) is 5.02 Å². The molecule has 3 nitrogen and oxygen atoms in total. The van der Waals surface area contributed by atoms with Gasteiger partial charge >= 0.3 is 5.97 Å². The summed E-state index contributed by atoms with van der Waals surface area (Å²) in [6.45, 7) is 5.03. The Morgan fingerprint density at radius 3 is 2.23 bits per heavy atom. The predicted octanol–water partition coefficient (Wildman–Crippen LogP) is 4.32. The monoisotopic (exact) mass is 317 g/mol. The van der Waals surface area contributed by atoms with Crippen LogP contribution in [0.25, 0.3) is 0 Å². The number of hydrogen-bond donors (Lipinski definition) is 2. The second-order valence-electron chi connectivity index (χ2n) is 5.51. The van der Waals surface area contributed by atoms with Gasteiger partial charge in [0, 0.05) is 17.6 Å².